The lowest BCUT2D eigenvalue weighted by molar-refractivity contribution is -0.0331. The quantitative estimate of drug-likeness (QED) is 0.348. The van der Waals surface area contributed by atoms with E-state index in [2.05, 4.69) is 4.74 Å². The molecule has 0 aliphatic heterocycles. The van der Waals surface area contributed by atoms with Gasteiger partial charge >= 0.3 is 6.16 Å². The Hall–Kier alpha value is -1.11. The number of ether oxygens (including phenoxy) is 1. The number of carboxylic acid groups (broad SMARTS) is 1. The summed E-state index contributed by atoms with van der Waals surface area (Å²) in [6.07, 6.45) is -2.66. The van der Waals surface area contributed by atoms with Crippen molar-refractivity contribution < 1.29 is 30.0 Å². The van der Waals surface area contributed by atoms with Crippen LogP contribution in [0.25, 0.3) is 0 Å². The first-order chi connectivity index (χ1) is 6.99. The standard InChI is InChI=1S/C9H14O6/c10-5-1-2-6(15-9(13)14)4-8(12)7(11)3-5/h1-2,5-8,10-12H,3-4H2,(H,13,14)/b2-1+. The molecule has 0 fully saturated rings. The van der Waals surface area contributed by atoms with Gasteiger partial charge in [-0.3, -0.25) is 0 Å². The summed E-state index contributed by atoms with van der Waals surface area (Å²) < 4.78 is 4.44. The van der Waals surface area contributed by atoms with Crippen LogP contribution in [0.1, 0.15) is 12.8 Å². The van der Waals surface area contributed by atoms with Gasteiger partial charge in [-0.1, -0.05) is 6.08 Å². The van der Waals surface area contributed by atoms with E-state index in [0.29, 0.717) is 0 Å². The van der Waals surface area contributed by atoms with Crippen molar-refractivity contribution in [2.45, 2.75) is 37.3 Å². The highest BCUT2D eigenvalue weighted by Gasteiger charge is 2.26. The predicted octanol–water partition coefficient (Wildman–Crippen LogP) is -0.518. The zero-order valence-corrected chi connectivity index (χ0v) is 7.98. The Labute approximate surface area is 86.4 Å². The molecule has 0 aromatic heterocycles. The molecule has 0 aromatic carbocycles. The van der Waals surface area contributed by atoms with Crippen molar-refractivity contribution in [3.63, 3.8) is 0 Å². The fraction of sp³-hybridized carbons (Fsp3) is 0.667. The van der Waals surface area contributed by atoms with Crippen LogP contribution in [0.5, 0.6) is 0 Å². The lowest BCUT2D eigenvalue weighted by Crippen LogP contribution is -2.35. The normalized spacial score (nSPS) is 38.9. The zero-order chi connectivity index (χ0) is 11.4. The smallest absolute Gasteiger partial charge is 0.450 e. The molecule has 0 saturated carbocycles. The van der Waals surface area contributed by atoms with Crippen LogP contribution in [-0.4, -0.2) is 51.0 Å². The number of carbonyl (C=O) groups is 1. The fourth-order valence-corrected chi connectivity index (χ4v) is 1.43. The molecule has 86 valence electrons. The third kappa shape index (κ3) is 3.86. The summed E-state index contributed by atoms with van der Waals surface area (Å²) in [5.74, 6) is 0. The van der Waals surface area contributed by atoms with Gasteiger partial charge in [0.25, 0.3) is 0 Å². The minimum absolute atomic E-state index is 0.0172. The van der Waals surface area contributed by atoms with E-state index in [-0.39, 0.29) is 12.8 Å². The largest absolute Gasteiger partial charge is 0.506 e. The number of hydrogen-bond donors (Lipinski definition) is 4. The summed E-state index contributed by atoms with van der Waals surface area (Å²) in [5.41, 5.74) is 0. The minimum atomic E-state index is -1.46. The van der Waals surface area contributed by atoms with Crippen molar-refractivity contribution >= 4 is 6.16 Å². The number of aliphatic hydroxyl groups is 3. The van der Waals surface area contributed by atoms with E-state index in [9.17, 15) is 20.1 Å². The molecule has 0 bridgehead atoms. The highest BCUT2D eigenvalue weighted by Crippen LogP contribution is 2.16. The number of rotatable bonds is 1. The maximum Gasteiger partial charge on any atom is 0.506 e. The van der Waals surface area contributed by atoms with Crippen molar-refractivity contribution in [2.24, 2.45) is 0 Å². The van der Waals surface area contributed by atoms with Crippen LogP contribution < -0.4 is 0 Å². The van der Waals surface area contributed by atoms with Gasteiger partial charge in [0, 0.05) is 12.8 Å². The van der Waals surface area contributed by atoms with Crippen LogP contribution in [0.2, 0.25) is 0 Å². The van der Waals surface area contributed by atoms with E-state index in [0.717, 1.165) is 0 Å². The van der Waals surface area contributed by atoms with Gasteiger partial charge in [0.2, 0.25) is 0 Å². The molecule has 4 unspecified atom stereocenters. The van der Waals surface area contributed by atoms with Gasteiger partial charge in [0.1, 0.15) is 6.10 Å². The zero-order valence-electron chi connectivity index (χ0n) is 7.98. The van der Waals surface area contributed by atoms with Gasteiger partial charge in [-0.25, -0.2) is 4.79 Å². The number of aliphatic hydroxyl groups excluding tert-OH is 3. The summed E-state index contributed by atoms with van der Waals surface area (Å²) in [6, 6.07) is 0. The van der Waals surface area contributed by atoms with Crippen molar-refractivity contribution in [3.8, 4) is 0 Å². The van der Waals surface area contributed by atoms with Crippen LogP contribution in [0.15, 0.2) is 12.2 Å². The Morgan fingerprint density at radius 1 is 1.13 bits per heavy atom. The van der Waals surface area contributed by atoms with Crippen molar-refractivity contribution in [1.29, 1.82) is 0 Å². The van der Waals surface area contributed by atoms with Crippen molar-refractivity contribution in [3.05, 3.63) is 12.2 Å². The summed E-state index contributed by atoms with van der Waals surface area (Å²) in [4.78, 5) is 10.3. The molecule has 6 nitrogen and oxygen atoms in total. The molecular weight excluding hydrogens is 204 g/mol. The lowest BCUT2D eigenvalue weighted by Gasteiger charge is -2.24. The lowest BCUT2D eigenvalue weighted by atomic mass is 9.97. The van der Waals surface area contributed by atoms with E-state index < -0.39 is 30.6 Å². The topological polar surface area (TPSA) is 107 Å². The SMILES string of the molecule is O=C(O)OC1/C=C/C(O)CC(O)C(O)C1. The number of hydrogen-bond acceptors (Lipinski definition) is 5. The molecule has 6 heteroatoms. The van der Waals surface area contributed by atoms with Gasteiger partial charge in [-0.05, 0) is 6.08 Å². The van der Waals surface area contributed by atoms with Gasteiger partial charge in [0.15, 0.2) is 0 Å². The average Bonchev–Trinajstić information content (AvgIpc) is 2.11. The summed E-state index contributed by atoms with van der Waals surface area (Å²) in [5, 5.41) is 36.5. The Bertz CT molecular complexity index is 251. The average molecular weight is 218 g/mol. The fourth-order valence-electron chi connectivity index (χ4n) is 1.43. The highest BCUT2D eigenvalue weighted by molar-refractivity contribution is 5.57. The van der Waals surface area contributed by atoms with E-state index in [1.165, 1.54) is 12.2 Å². The molecule has 0 amide bonds. The van der Waals surface area contributed by atoms with Gasteiger partial charge in [0.05, 0.1) is 18.3 Å². The molecule has 15 heavy (non-hydrogen) atoms. The summed E-state index contributed by atoms with van der Waals surface area (Å²) >= 11 is 0. The summed E-state index contributed by atoms with van der Waals surface area (Å²) in [6.45, 7) is 0. The molecule has 4 N–H and O–H groups in total. The molecule has 1 aliphatic rings. The highest BCUT2D eigenvalue weighted by atomic mass is 16.7. The third-order valence-electron chi connectivity index (χ3n) is 2.20. The van der Waals surface area contributed by atoms with E-state index >= 15 is 0 Å². The van der Waals surface area contributed by atoms with Crippen LogP contribution in [0.4, 0.5) is 4.79 Å². The molecule has 0 saturated heterocycles. The Balaban J connectivity index is 2.67. The van der Waals surface area contributed by atoms with Gasteiger partial charge in [-0.15, -0.1) is 0 Å². The van der Waals surface area contributed by atoms with E-state index in [1.807, 2.05) is 0 Å². The maximum absolute atomic E-state index is 10.3. The molecule has 0 spiro atoms. The van der Waals surface area contributed by atoms with Crippen LogP contribution in [0.3, 0.4) is 0 Å². The first-order valence-electron chi connectivity index (χ1n) is 4.61. The molecule has 1 rings (SSSR count). The molecule has 4 atom stereocenters. The first-order valence-corrected chi connectivity index (χ1v) is 4.61. The third-order valence-corrected chi connectivity index (χ3v) is 2.20. The van der Waals surface area contributed by atoms with Crippen LogP contribution in [0, 0.1) is 0 Å². The van der Waals surface area contributed by atoms with Crippen LogP contribution in [-0.2, 0) is 4.74 Å². The molecular formula is C9H14O6. The second kappa shape index (κ2) is 5.11. The Morgan fingerprint density at radius 3 is 2.33 bits per heavy atom. The van der Waals surface area contributed by atoms with E-state index in [1.54, 1.807) is 0 Å². The second-order valence-electron chi connectivity index (χ2n) is 3.48. The molecule has 1 aliphatic carbocycles. The summed E-state index contributed by atoms with van der Waals surface area (Å²) in [7, 11) is 0. The van der Waals surface area contributed by atoms with Crippen LogP contribution >= 0.6 is 0 Å². The van der Waals surface area contributed by atoms with Crippen molar-refractivity contribution in [2.75, 3.05) is 0 Å². The minimum Gasteiger partial charge on any atom is -0.450 e. The molecule has 0 radical (unpaired) electrons. The second-order valence-corrected chi connectivity index (χ2v) is 3.48. The van der Waals surface area contributed by atoms with Gasteiger partial charge < -0.3 is 25.2 Å². The Morgan fingerprint density at radius 2 is 1.73 bits per heavy atom. The molecule has 0 heterocycles. The molecule has 0 aromatic rings. The van der Waals surface area contributed by atoms with E-state index in [4.69, 9.17) is 5.11 Å². The maximum atomic E-state index is 10.3. The first kappa shape index (κ1) is 12.0. The predicted molar refractivity (Wildman–Crippen MR) is 49.3 cm³/mol. The Kier molecular flexibility index (Phi) is 4.07. The van der Waals surface area contributed by atoms with Crippen molar-refractivity contribution in [1.82, 2.24) is 0 Å². The van der Waals surface area contributed by atoms with Gasteiger partial charge in [-0.2, -0.15) is 0 Å². The monoisotopic (exact) mass is 218 g/mol.